The van der Waals surface area contributed by atoms with E-state index in [4.69, 9.17) is 0 Å². The molecule has 0 unspecified atom stereocenters. The van der Waals surface area contributed by atoms with Gasteiger partial charge in [-0.3, -0.25) is 0 Å². The molecule has 4 fully saturated rings. The lowest BCUT2D eigenvalue weighted by atomic mass is 9.48. The minimum atomic E-state index is -2.33. The Kier molecular flexibility index (Phi) is 2.66. The first-order chi connectivity index (χ1) is 9.16. The van der Waals surface area contributed by atoms with Gasteiger partial charge in [0, 0.05) is 0 Å². The first kappa shape index (κ1) is 12.1. The highest BCUT2D eigenvalue weighted by molar-refractivity contribution is 6.59. The smallest absolute Gasteiger partial charge is 0.406 e. The quantitative estimate of drug-likeness (QED) is 0.807. The van der Waals surface area contributed by atoms with Crippen molar-refractivity contribution in [3.63, 3.8) is 0 Å². The summed E-state index contributed by atoms with van der Waals surface area (Å²) in [6.45, 7) is 0. The molecule has 4 aliphatic rings. The summed E-state index contributed by atoms with van der Waals surface area (Å²) in [4.78, 5) is 19.5. The summed E-state index contributed by atoms with van der Waals surface area (Å²) in [5.74, 6) is 2.69. The molecular formula is C16H21O2Si. The molecule has 0 spiro atoms. The van der Waals surface area contributed by atoms with Crippen LogP contribution in [0.5, 0.6) is 0 Å². The number of benzene rings is 1. The molecule has 101 valence electrons. The number of rotatable bonds is 2. The first-order valence-corrected chi connectivity index (χ1v) is 8.90. The minimum absolute atomic E-state index is 0.271. The summed E-state index contributed by atoms with van der Waals surface area (Å²) in [6, 6.07) is 8.11. The molecule has 0 aliphatic heterocycles. The van der Waals surface area contributed by atoms with Gasteiger partial charge in [0.05, 0.1) is 0 Å². The van der Waals surface area contributed by atoms with Gasteiger partial charge in [0.2, 0.25) is 0 Å². The van der Waals surface area contributed by atoms with Crippen LogP contribution in [0, 0.1) is 17.8 Å². The van der Waals surface area contributed by atoms with Crippen LogP contribution >= 0.6 is 0 Å². The Hall–Kier alpha value is -0.643. The fourth-order valence-electron chi connectivity index (χ4n) is 5.58. The van der Waals surface area contributed by atoms with Gasteiger partial charge >= 0.3 is 9.28 Å². The van der Waals surface area contributed by atoms with E-state index >= 15 is 0 Å². The van der Waals surface area contributed by atoms with Crippen molar-refractivity contribution < 1.29 is 9.59 Å². The first-order valence-electron chi connectivity index (χ1n) is 7.51. The van der Waals surface area contributed by atoms with Crippen molar-refractivity contribution in [2.45, 2.75) is 43.9 Å². The van der Waals surface area contributed by atoms with E-state index in [9.17, 15) is 9.59 Å². The highest BCUT2D eigenvalue weighted by atomic mass is 28.3. The van der Waals surface area contributed by atoms with Gasteiger partial charge in [-0.25, -0.2) is 0 Å². The van der Waals surface area contributed by atoms with E-state index in [1.807, 2.05) is 12.1 Å². The maximum absolute atomic E-state index is 9.76. The number of hydrogen-bond donors (Lipinski definition) is 2. The lowest BCUT2D eigenvalue weighted by Crippen LogP contribution is -2.51. The van der Waals surface area contributed by atoms with Gasteiger partial charge in [-0.15, -0.1) is 0 Å². The fraction of sp³-hybridized carbons (Fsp3) is 0.625. The van der Waals surface area contributed by atoms with Crippen molar-refractivity contribution in [3.05, 3.63) is 29.8 Å². The van der Waals surface area contributed by atoms with E-state index in [-0.39, 0.29) is 5.41 Å². The van der Waals surface area contributed by atoms with E-state index in [0.29, 0.717) is 0 Å². The van der Waals surface area contributed by atoms with E-state index in [1.165, 1.54) is 44.1 Å². The summed E-state index contributed by atoms with van der Waals surface area (Å²) in [7, 11) is -2.33. The molecule has 3 heteroatoms. The molecule has 0 atom stereocenters. The Labute approximate surface area is 116 Å². The SMILES string of the molecule is O[Si](O)c1ccccc1C12CC3CC(CC(C3)C1)C2. The Morgan fingerprint density at radius 2 is 1.42 bits per heavy atom. The Morgan fingerprint density at radius 3 is 1.95 bits per heavy atom. The third-order valence-corrected chi connectivity index (χ3v) is 6.70. The Morgan fingerprint density at radius 1 is 0.895 bits per heavy atom. The Bertz CT molecular complexity index is 462. The molecule has 2 N–H and O–H groups in total. The van der Waals surface area contributed by atoms with Crippen LogP contribution in [0.15, 0.2) is 24.3 Å². The molecular weight excluding hydrogens is 252 g/mol. The molecule has 19 heavy (non-hydrogen) atoms. The summed E-state index contributed by atoms with van der Waals surface area (Å²) in [5, 5.41) is 0.842. The molecule has 0 amide bonds. The average molecular weight is 273 g/mol. The largest absolute Gasteiger partial charge is 0.418 e. The van der Waals surface area contributed by atoms with Crippen LogP contribution in [0.3, 0.4) is 0 Å². The molecule has 1 aromatic rings. The molecule has 4 bridgehead atoms. The Balaban J connectivity index is 1.80. The molecule has 1 radical (unpaired) electrons. The maximum atomic E-state index is 9.76. The zero-order valence-electron chi connectivity index (χ0n) is 11.2. The van der Waals surface area contributed by atoms with E-state index in [0.717, 1.165) is 22.9 Å². The van der Waals surface area contributed by atoms with E-state index in [1.54, 1.807) is 0 Å². The summed E-state index contributed by atoms with van der Waals surface area (Å²) in [5.41, 5.74) is 1.54. The van der Waals surface area contributed by atoms with Crippen LogP contribution in [-0.2, 0) is 5.41 Å². The fourth-order valence-corrected chi connectivity index (χ4v) is 6.42. The van der Waals surface area contributed by atoms with Crippen LogP contribution < -0.4 is 5.19 Å². The second-order valence-corrected chi connectivity index (χ2v) is 8.25. The van der Waals surface area contributed by atoms with Crippen molar-refractivity contribution in [3.8, 4) is 0 Å². The third-order valence-electron chi connectivity index (χ3n) is 5.78. The zero-order valence-corrected chi connectivity index (χ0v) is 12.2. The van der Waals surface area contributed by atoms with Gasteiger partial charge in [0.1, 0.15) is 0 Å². The topological polar surface area (TPSA) is 40.5 Å². The maximum Gasteiger partial charge on any atom is 0.418 e. The van der Waals surface area contributed by atoms with Gasteiger partial charge in [0.25, 0.3) is 0 Å². The standard InChI is InChI=1S/C16H21O2Si/c17-19(18)15-4-2-1-3-14(15)16-8-11-5-12(9-16)7-13(6-11)10-16/h1-4,11-13,17-18H,5-10H2. The molecule has 0 heterocycles. The van der Waals surface area contributed by atoms with Crippen LogP contribution in [0.2, 0.25) is 0 Å². The van der Waals surface area contributed by atoms with Gasteiger partial charge in [-0.1, -0.05) is 24.3 Å². The van der Waals surface area contributed by atoms with Crippen molar-refractivity contribution in [1.82, 2.24) is 0 Å². The predicted molar refractivity (Wildman–Crippen MR) is 76.1 cm³/mol. The van der Waals surface area contributed by atoms with Gasteiger partial charge in [0.15, 0.2) is 0 Å². The molecule has 2 nitrogen and oxygen atoms in total. The van der Waals surface area contributed by atoms with Crippen molar-refractivity contribution in [2.75, 3.05) is 0 Å². The van der Waals surface area contributed by atoms with E-state index < -0.39 is 9.28 Å². The summed E-state index contributed by atoms with van der Waals surface area (Å²) in [6.07, 6.45) is 8.13. The molecule has 4 saturated carbocycles. The van der Waals surface area contributed by atoms with Crippen molar-refractivity contribution in [2.24, 2.45) is 17.8 Å². The van der Waals surface area contributed by atoms with Crippen molar-refractivity contribution in [1.29, 1.82) is 0 Å². The molecule has 0 saturated heterocycles. The predicted octanol–water partition coefficient (Wildman–Crippen LogP) is 1.83. The lowest BCUT2D eigenvalue weighted by Gasteiger charge is -2.57. The molecule has 0 aromatic heterocycles. The normalized spacial score (nSPS) is 40.1. The van der Waals surface area contributed by atoms with Crippen LogP contribution in [0.1, 0.15) is 44.1 Å². The van der Waals surface area contributed by atoms with Crippen LogP contribution in [0.4, 0.5) is 0 Å². The summed E-state index contributed by atoms with van der Waals surface area (Å²) >= 11 is 0. The number of hydrogen-bond acceptors (Lipinski definition) is 2. The highest BCUT2D eigenvalue weighted by Crippen LogP contribution is 2.60. The summed E-state index contributed by atoms with van der Waals surface area (Å²) < 4.78 is 0. The average Bonchev–Trinajstić information content (AvgIpc) is 2.37. The lowest BCUT2D eigenvalue weighted by molar-refractivity contribution is -0.00482. The monoisotopic (exact) mass is 273 g/mol. The molecule has 4 aliphatic carbocycles. The van der Waals surface area contributed by atoms with Gasteiger partial charge in [-0.05, 0) is 72.4 Å². The third kappa shape index (κ3) is 1.83. The van der Waals surface area contributed by atoms with Gasteiger partial charge in [-0.2, -0.15) is 0 Å². The van der Waals surface area contributed by atoms with Crippen LogP contribution in [-0.4, -0.2) is 18.9 Å². The molecule has 5 rings (SSSR count). The van der Waals surface area contributed by atoms with Crippen LogP contribution in [0.25, 0.3) is 0 Å². The van der Waals surface area contributed by atoms with Gasteiger partial charge < -0.3 is 9.59 Å². The second-order valence-electron chi connectivity index (χ2n) is 7.07. The zero-order chi connectivity index (χ0) is 13.0. The highest BCUT2D eigenvalue weighted by Gasteiger charge is 2.52. The minimum Gasteiger partial charge on any atom is -0.406 e. The van der Waals surface area contributed by atoms with Crippen molar-refractivity contribution >= 4 is 14.5 Å². The second kappa shape index (κ2) is 4.17. The van der Waals surface area contributed by atoms with E-state index in [2.05, 4.69) is 12.1 Å². The molecule has 1 aromatic carbocycles.